The number of hydrogen-bond donors (Lipinski definition) is 4. The molecule has 0 radical (unpaired) electrons. The number of imidazole rings is 1. The molecule has 2 aromatic carbocycles. The Hall–Kier alpha value is -2.55. The summed E-state index contributed by atoms with van der Waals surface area (Å²) < 4.78 is 27.9. The molecule has 0 aliphatic carbocycles. The molecule has 0 aliphatic rings. The number of benzene rings is 2. The molecule has 7 nitrogen and oxygen atoms in total. The SMILES string of the molecule is O=c1[nH]c(O)c(-c2cc(Cl)ccc2S(=O)(=O)NCCc2ccccc2)[nH]1. The lowest BCUT2D eigenvalue weighted by atomic mass is 10.1. The number of H-pyrrole nitrogens is 2. The molecule has 26 heavy (non-hydrogen) atoms. The number of nitrogens with one attached hydrogen (secondary N) is 3. The number of hydrogen-bond acceptors (Lipinski definition) is 4. The van der Waals surface area contributed by atoms with Crippen molar-refractivity contribution in [2.24, 2.45) is 0 Å². The quantitative estimate of drug-likeness (QED) is 0.514. The average molecular weight is 394 g/mol. The highest BCUT2D eigenvalue weighted by Crippen LogP contribution is 2.32. The Kier molecular flexibility index (Phi) is 5.17. The Morgan fingerprint density at radius 3 is 2.46 bits per heavy atom. The molecule has 0 spiro atoms. The van der Waals surface area contributed by atoms with Crippen LogP contribution in [0.1, 0.15) is 5.56 Å². The number of aromatic nitrogens is 2. The predicted octanol–water partition coefficient (Wildman–Crippen LogP) is 2.25. The van der Waals surface area contributed by atoms with Gasteiger partial charge >= 0.3 is 5.69 Å². The highest BCUT2D eigenvalue weighted by molar-refractivity contribution is 7.89. The number of aromatic hydroxyl groups is 1. The molecule has 0 unspecified atom stereocenters. The molecule has 1 heterocycles. The van der Waals surface area contributed by atoms with Gasteiger partial charge in [0.25, 0.3) is 0 Å². The van der Waals surface area contributed by atoms with Gasteiger partial charge < -0.3 is 10.1 Å². The number of halogens is 1. The van der Waals surface area contributed by atoms with Crippen molar-refractivity contribution in [3.8, 4) is 17.1 Å². The van der Waals surface area contributed by atoms with Crippen LogP contribution in [-0.2, 0) is 16.4 Å². The third kappa shape index (κ3) is 3.98. The van der Waals surface area contributed by atoms with E-state index in [9.17, 15) is 18.3 Å². The van der Waals surface area contributed by atoms with Gasteiger partial charge in [0, 0.05) is 17.1 Å². The minimum absolute atomic E-state index is 0.0408. The van der Waals surface area contributed by atoms with Gasteiger partial charge in [-0.25, -0.2) is 17.9 Å². The van der Waals surface area contributed by atoms with Crippen LogP contribution in [0, 0.1) is 0 Å². The van der Waals surface area contributed by atoms with Crippen molar-refractivity contribution in [3.05, 3.63) is 69.6 Å². The Balaban J connectivity index is 1.90. The molecule has 0 fully saturated rings. The first-order chi connectivity index (χ1) is 12.4. The fourth-order valence-electron chi connectivity index (χ4n) is 2.55. The summed E-state index contributed by atoms with van der Waals surface area (Å²) in [5, 5.41) is 10.1. The third-order valence-electron chi connectivity index (χ3n) is 3.76. The summed E-state index contributed by atoms with van der Waals surface area (Å²) in [6.45, 7) is 0.198. The second kappa shape index (κ2) is 7.36. The summed E-state index contributed by atoms with van der Waals surface area (Å²) in [6.07, 6.45) is 0.523. The van der Waals surface area contributed by atoms with Gasteiger partial charge in [-0.15, -0.1) is 0 Å². The van der Waals surface area contributed by atoms with Gasteiger partial charge in [-0.1, -0.05) is 41.9 Å². The van der Waals surface area contributed by atoms with Crippen molar-refractivity contribution in [1.82, 2.24) is 14.7 Å². The van der Waals surface area contributed by atoms with Crippen LogP contribution < -0.4 is 10.4 Å². The van der Waals surface area contributed by atoms with E-state index in [2.05, 4.69) is 14.7 Å². The first-order valence-corrected chi connectivity index (χ1v) is 9.58. The minimum Gasteiger partial charge on any atom is -0.493 e. The standard InChI is InChI=1S/C17H16ClN3O4S/c18-12-6-7-14(13(10-12)15-16(22)21-17(23)20-15)26(24,25)19-9-8-11-4-2-1-3-5-11/h1-7,10,19,22H,8-9H2,(H2,20,21,23). The molecule has 4 N–H and O–H groups in total. The highest BCUT2D eigenvalue weighted by atomic mass is 35.5. The fraction of sp³-hybridized carbons (Fsp3) is 0.118. The van der Waals surface area contributed by atoms with E-state index in [1.807, 2.05) is 30.3 Å². The number of rotatable bonds is 6. The molecule has 1 aromatic heterocycles. The molecule has 0 aliphatic heterocycles. The second-order valence-electron chi connectivity index (χ2n) is 5.58. The van der Waals surface area contributed by atoms with Crippen LogP contribution in [0.25, 0.3) is 11.3 Å². The van der Waals surface area contributed by atoms with Gasteiger partial charge in [-0.2, -0.15) is 0 Å². The second-order valence-corrected chi connectivity index (χ2v) is 7.75. The van der Waals surface area contributed by atoms with Crippen molar-refractivity contribution in [1.29, 1.82) is 0 Å². The normalized spacial score (nSPS) is 11.6. The van der Waals surface area contributed by atoms with E-state index in [1.54, 1.807) is 0 Å². The highest BCUT2D eigenvalue weighted by Gasteiger charge is 2.22. The van der Waals surface area contributed by atoms with Crippen LogP contribution >= 0.6 is 11.6 Å². The molecule has 9 heteroatoms. The molecule has 0 bridgehead atoms. The third-order valence-corrected chi connectivity index (χ3v) is 5.51. The van der Waals surface area contributed by atoms with E-state index >= 15 is 0 Å². The van der Waals surface area contributed by atoms with Crippen molar-refractivity contribution >= 4 is 21.6 Å². The van der Waals surface area contributed by atoms with Crippen molar-refractivity contribution in [2.75, 3.05) is 6.54 Å². The maximum absolute atomic E-state index is 12.7. The van der Waals surface area contributed by atoms with Crippen LogP contribution in [-0.4, -0.2) is 30.0 Å². The smallest absolute Gasteiger partial charge is 0.326 e. The molecule has 3 rings (SSSR count). The van der Waals surface area contributed by atoms with Crippen LogP contribution in [0.5, 0.6) is 5.88 Å². The van der Waals surface area contributed by atoms with Crippen LogP contribution in [0.3, 0.4) is 0 Å². The first-order valence-electron chi connectivity index (χ1n) is 7.71. The average Bonchev–Trinajstić information content (AvgIpc) is 2.93. The lowest BCUT2D eigenvalue weighted by molar-refractivity contribution is 0.457. The zero-order chi connectivity index (χ0) is 18.7. The van der Waals surface area contributed by atoms with E-state index in [1.165, 1.54) is 18.2 Å². The van der Waals surface area contributed by atoms with E-state index < -0.39 is 21.6 Å². The molecular formula is C17H16ClN3O4S. The maximum Gasteiger partial charge on any atom is 0.326 e. The van der Waals surface area contributed by atoms with Gasteiger partial charge in [-0.3, -0.25) is 4.98 Å². The fourth-order valence-corrected chi connectivity index (χ4v) is 3.95. The Labute approximate surface area is 154 Å². The van der Waals surface area contributed by atoms with Crippen molar-refractivity contribution in [3.63, 3.8) is 0 Å². The largest absolute Gasteiger partial charge is 0.493 e. The van der Waals surface area contributed by atoms with Crippen molar-refractivity contribution in [2.45, 2.75) is 11.3 Å². The van der Waals surface area contributed by atoms with Crippen LogP contribution in [0.4, 0.5) is 0 Å². The molecule has 0 amide bonds. The lowest BCUT2D eigenvalue weighted by Gasteiger charge is -2.11. The molecule has 0 atom stereocenters. The van der Waals surface area contributed by atoms with Gasteiger partial charge in [0.1, 0.15) is 5.69 Å². The summed E-state index contributed by atoms with van der Waals surface area (Å²) in [6, 6.07) is 13.6. The zero-order valence-corrected chi connectivity index (χ0v) is 15.1. The Morgan fingerprint density at radius 1 is 1.08 bits per heavy atom. The summed E-state index contributed by atoms with van der Waals surface area (Å²) in [4.78, 5) is 15.8. The van der Waals surface area contributed by atoms with Crippen LogP contribution in [0.2, 0.25) is 5.02 Å². The first kappa shape index (κ1) is 18.2. The van der Waals surface area contributed by atoms with E-state index in [4.69, 9.17) is 11.6 Å². The Morgan fingerprint density at radius 2 is 1.81 bits per heavy atom. The van der Waals surface area contributed by atoms with Crippen LogP contribution in [0.15, 0.2) is 58.2 Å². The van der Waals surface area contributed by atoms with E-state index in [0.717, 1.165) is 5.56 Å². The van der Waals surface area contributed by atoms with Gasteiger partial charge in [0.15, 0.2) is 0 Å². The molecular weight excluding hydrogens is 378 g/mol. The Bertz CT molecular complexity index is 1070. The van der Waals surface area contributed by atoms with E-state index in [0.29, 0.717) is 6.42 Å². The van der Waals surface area contributed by atoms with Gasteiger partial charge in [0.05, 0.1) is 4.90 Å². The van der Waals surface area contributed by atoms with E-state index in [-0.39, 0.29) is 27.7 Å². The minimum atomic E-state index is -3.89. The topological polar surface area (TPSA) is 115 Å². The predicted molar refractivity (Wildman–Crippen MR) is 98.9 cm³/mol. The summed E-state index contributed by atoms with van der Waals surface area (Å²) in [5.41, 5.74) is 0.401. The summed E-state index contributed by atoms with van der Waals surface area (Å²) in [5.74, 6) is -0.460. The van der Waals surface area contributed by atoms with Gasteiger partial charge in [0.2, 0.25) is 15.9 Å². The maximum atomic E-state index is 12.7. The van der Waals surface area contributed by atoms with Gasteiger partial charge in [-0.05, 0) is 30.2 Å². The molecule has 3 aromatic rings. The number of aromatic amines is 2. The molecule has 136 valence electrons. The summed E-state index contributed by atoms with van der Waals surface area (Å²) in [7, 11) is -3.89. The molecule has 0 saturated carbocycles. The van der Waals surface area contributed by atoms with Crippen molar-refractivity contribution < 1.29 is 13.5 Å². The number of sulfonamides is 1. The zero-order valence-electron chi connectivity index (χ0n) is 13.5. The molecule has 0 saturated heterocycles. The monoisotopic (exact) mass is 393 g/mol. The lowest BCUT2D eigenvalue weighted by Crippen LogP contribution is -2.26. The summed E-state index contributed by atoms with van der Waals surface area (Å²) >= 11 is 5.96.